The van der Waals surface area contributed by atoms with Crippen molar-refractivity contribution in [3.8, 4) is 0 Å². The van der Waals surface area contributed by atoms with Crippen LogP contribution < -0.4 is 15.4 Å². The van der Waals surface area contributed by atoms with Crippen molar-refractivity contribution in [3.63, 3.8) is 0 Å². The number of anilines is 1. The van der Waals surface area contributed by atoms with Gasteiger partial charge in [-0.05, 0) is 31.0 Å². The molecule has 0 saturated heterocycles. The summed E-state index contributed by atoms with van der Waals surface area (Å²) in [5.41, 5.74) is 2.08. The number of nitrogens with one attached hydrogen (secondary N) is 3. The first-order valence-electron chi connectivity index (χ1n) is 7.95. The van der Waals surface area contributed by atoms with E-state index in [4.69, 9.17) is 0 Å². The third-order valence-corrected chi connectivity index (χ3v) is 6.55. The monoisotopic (exact) mass is 380 g/mol. The SMILES string of the molecule is Cc1ccc(C)c(S(=O)(=O)NCCNc2nc3c(s2)CCNC3=O)c1. The third kappa shape index (κ3) is 4.00. The van der Waals surface area contributed by atoms with E-state index in [1.807, 2.05) is 13.0 Å². The van der Waals surface area contributed by atoms with Gasteiger partial charge in [0, 0.05) is 30.9 Å². The minimum atomic E-state index is -3.55. The first-order chi connectivity index (χ1) is 11.9. The molecule has 0 radical (unpaired) electrons. The molecule has 25 heavy (non-hydrogen) atoms. The number of rotatable bonds is 6. The highest BCUT2D eigenvalue weighted by Crippen LogP contribution is 2.25. The van der Waals surface area contributed by atoms with E-state index in [0.29, 0.717) is 34.4 Å². The van der Waals surface area contributed by atoms with Crippen molar-refractivity contribution in [1.82, 2.24) is 15.0 Å². The first-order valence-corrected chi connectivity index (χ1v) is 10.3. The van der Waals surface area contributed by atoms with Gasteiger partial charge in [0.1, 0.15) is 5.69 Å². The molecule has 3 N–H and O–H groups in total. The van der Waals surface area contributed by atoms with Gasteiger partial charge in [-0.2, -0.15) is 0 Å². The Kier molecular flexibility index (Phi) is 5.07. The van der Waals surface area contributed by atoms with E-state index in [-0.39, 0.29) is 12.5 Å². The van der Waals surface area contributed by atoms with Gasteiger partial charge < -0.3 is 10.6 Å². The lowest BCUT2D eigenvalue weighted by molar-refractivity contribution is 0.0942. The summed E-state index contributed by atoms with van der Waals surface area (Å²) in [6, 6.07) is 5.35. The van der Waals surface area contributed by atoms with Crippen molar-refractivity contribution in [2.45, 2.75) is 25.2 Å². The Bertz CT molecular complexity index is 906. The van der Waals surface area contributed by atoms with Crippen LogP contribution in [0, 0.1) is 13.8 Å². The molecule has 1 aliphatic rings. The van der Waals surface area contributed by atoms with Gasteiger partial charge in [0.2, 0.25) is 10.0 Å². The fourth-order valence-corrected chi connectivity index (χ4v) is 4.92. The van der Waals surface area contributed by atoms with Crippen LogP contribution in [-0.2, 0) is 16.4 Å². The normalized spacial score (nSPS) is 14.1. The molecule has 0 unspecified atom stereocenters. The van der Waals surface area contributed by atoms with E-state index in [1.165, 1.54) is 11.3 Å². The molecule has 1 aromatic heterocycles. The first kappa shape index (κ1) is 17.8. The number of nitrogens with zero attached hydrogens (tertiary/aromatic N) is 1. The molecular formula is C16H20N4O3S2. The van der Waals surface area contributed by atoms with Crippen molar-refractivity contribution >= 4 is 32.4 Å². The summed E-state index contributed by atoms with van der Waals surface area (Å²) in [6.45, 7) is 4.88. The number of aryl methyl sites for hydroxylation is 2. The van der Waals surface area contributed by atoms with Gasteiger partial charge in [-0.15, -0.1) is 11.3 Å². The molecule has 9 heteroatoms. The number of benzene rings is 1. The van der Waals surface area contributed by atoms with Gasteiger partial charge in [0.15, 0.2) is 5.13 Å². The van der Waals surface area contributed by atoms with Crippen molar-refractivity contribution < 1.29 is 13.2 Å². The fraction of sp³-hybridized carbons (Fsp3) is 0.375. The molecule has 1 amide bonds. The number of carbonyl (C=O) groups is 1. The second kappa shape index (κ2) is 7.11. The lowest BCUT2D eigenvalue weighted by atomic mass is 10.2. The highest BCUT2D eigenvalue weighted by Gasteiger charge is 2.22. The van der Waals surface area contributed by atoms with Crippen LogP contribution in [0.3, 0.4) is 0 Å². The molecule has 7 nitrogen and oxygen atoms in total. The highest BCUT2D eigenvalue weighted by atomic mass is 32.2. The maximum atomic E-state index is 12.4. The predicted octanol–water partition coefficient (Wildman–Crippen LogP) is 1.44. The largest absolute Gasteiger partial charge is 0.360 e. The van der Waals surface area contributed by atoms with E-state index >= 15 is 0 Å². The number of aromatic nitrogens is 1. The molecule has 0 spiro atoms. The van der Waals surface area contributed by atoms with Gasteiger partial charge >= 0.3 is 0 Å². The quantitative estimate of drug-likeness (QED) is 0.659. The van der Waals surface area contributed by atoms with E-state index in [9.17, 15) is 13.2 Å². The summed E-state index contributed by atoms with van der Waals surface area (Å²) >= 11 is 1.44. The van der Waals surface area contributed by atoms with Crippen molar-refractivity contribution in [1.29, 1.82) is 0 Å². The number of amides is 1. The Morgan fingerprint density at radius 3 is 2.84 bits per heavy atom. The standard InChI is InChI=1S/C16H20N4O3S2/c1-10-3-4-11(2)13(9-10)25(22,23)19-8-7-18-16-20-14-12(24-16)5-6-17-15(14)21/h3-4,9,19H,5-8H2,1-2H3,(H,17,21)(H,18,20). The summed E-state index contributed by atoms with van der Waals surface area (Å²) in [5, 5.41) is 6.46. The van der Waals surface area contributed by atoms with Crippen LogP contribution in [0.25, 0.3) is 0 Å². The zero-order valence-electron chi connectivity index (χ0n) is 14.0. The number of hydrogen-bond acceptors (Lipinski definition) is 6. The Labute approximate surface area is 150 Å². The maximum absolute atomic E-state index is 12.4. The van der Waals surface area contributed by atoms with Crippen LogP contribution in [0.15, 0.2) is 23.1 Å². The molecule has 0 atom stereocenters. The molecule has 0 saturated carbocycles. The molecule has 2 heterocycles. The maximum Gasteiger partial charge on any atom is 0.271 e. The molecule has 0 bridgehead atoms. The van der Waals surface area contributed by atoms with E-state index < -0.39 is 10.0 Å². The Morgan fingerprint density at radius 2 is 2.08 bits per heavy atom. The summed E-state index contributed by atoms with van der Waals surface area (Å²) < 4.78 is 27.4. The van der Waals surface area contributed by atoms with Crippen molar-refractivity contribution in [2.24, 2.45) is 0 Å². The van der Waals surface area contributed by atoms with Gasteiger partial charge in [-0.3, -0.25) is 4.79 Å². The minimum absolute atomic E-state index is 0.152. The molecule has 0 aliphatic carbocycles. The molecule has 3 rings (SSSR count). The molecule has 134 valence electrons. The lowest BCUT2D eigenvalue weighted by Gasteiger charge is -2.10. The van der Waals surface area contributed by atoms with Crippen LogP contribution in [0.2, 0.25) is 0 Å². The lowest BCUT2D eigenvalue weighted by Crippen LogP contribution is -2.31. The summed E-state index contributed by atoms with van der Waals surface area (Å²) in [4.78, 5) is 17.2. The number of sulfonamides is 1. The number of thiazole rings is 1. The number of fused-ring (bicyclic) bond motifs is 1. The van der Waals surface area contributed by atoms with E-state index in [0.717, 1.165) is 16.9 Å². The zero-order chi connectivity index (χ0) is 18.0. The highest BCUT2D eigenvalue weighted by molar-refractivity contribution is 7.89. The zero-order valence-corrected chi connectivity index (χ0v) is 15.7. The summed E-state index contributed by atoms with van der Waals surface area (Å²) in [5.74, 6) is -0.152. The number of carbonyl (C=O) groups excluding carboxylic acids is 1. The second-order valence-electron chi connectivity index (χ2n) is 5.89. The van der Waals surface area contributed by atoms with Crippen LogP contribution >= 0.6 is 11.3 Å². The molecule has 1 aliphatic heterocycles. The molecule has 1 aromatic carbocycles. The average Bonchev–Trinajstić information content (AvgIpc) is 2.98. The van der Waals surface area contributed by atoms with Crippen molar-refractivity contribution in [3.05, 3.63) is 39.9 Å². The smallest absolute Gasteiger partial charge is 0.271 e. The predicted molar refractivity (Wildman–Crippen MR) is 97.7 cm³/mol. The fourth-order valence-electron chi connectivity index (χ4n) is 2.58. The average molecular weight is 380 g/mol. The molecular weight excluding hydrogens is 360 g/mol. The number of hydrogen-bond donors (Lipinski definition) is 3. The van der Waals surface area contributed by atoms with Crippen LogP contribution in [0.1, 0.15) is 26.5 Å². The van der Waals surface area contributed by atoms with Gasteiger partial charge in [-0.1, -0.05) is 12.1 Å². The minimum Gasteiger partial charge on any atom is -0.360 e. The van der Waals surface area contributed by atoms with Crippen LogP contribution in [0.4, 0.5) is 5.13 Å². The molecule has 2 aromatic rings. The topological polar surface area (TPSA) is 100 Å². The third-order valence-electron chi connectivity index (χ3n) is 3.88. The molecule has 0 fully saturated rings. The van der Waals surface area contributed by atoms with E-state index in [2.05, 4.69) is 20.3 Å². The van der Waals surface area contributed by atoms with Gasteiger partial charge in [0.05, 0.1) is 4.90 Å². The Hall–Kier alpha value is -1.97. The van der Waals surface area contributed by atoms with Crippen LogP contribution in [0.5, 0.6) is 0 Å². The van der Waals surface area contributed by atoms with E-state index in [1.54, 1.807) is 19.1 Å². The van der Waals surface area contributed by atoms with Gasteiger partial charge in [0.25, 0.3) is 5.91 Å². The summed E-state index contributed by atoms with van der Waals surface area (Å²) in [7, 11) is -3.55. The Morgan fingerprint density at radius 1 is 1.28 bits per heavy atom. The Balaban J connectivity index is 1.58. The summed E-state index contributed by atoms with van der Waals surface area (Å²) in [6.07, 6.45) is 0.777. The van der Waals surface area contributed by atoms with Crippen LogP contribution in [-0.4, -0.2) is 38.9 Å². The van der Waals surface area contributed by atoms with Gasteiger partial charge in [-0.25, -0.2) is 18.1 Å². The second-order valence-corrected chi connectivity index (χ2v) is 8.71. The van der Waals surface area contributed by atoms with Crippen molar-refractivity contribution in [2.75, 3.05) is 25.0 Å².